The summed E-state index contributed by atoms with van der Waals surface area (Å²) in [5, 5.41) is 11.2. The number of aliphatic carboxylic acids is 1. The van der Waals surface area contributed by atoms with Crippen molar-refractivity contribution in [1.82, 2.24) is 5.32 Å². The van der Waals surface area contributed by atoms with Crippen LogP contribution in [-0.2, 0) is 14.4 Å². The lowest BCUT2D eigenvalue weighted by Crippen LogP contribution is -2.54. The number of rotatable bonds is 5. The maximum Gasteiger partial charge on any atom is 0.341 e. The molecule has 2 amide bonds. The number of hydrogen-bond donors (Lipinski definition) is 2. The molecule has 0 unspecified atom stereocenters. The Kier molecular flexibility index (Phi) is 5.51. The molecule has 1 aliphatic heterocycles. The van der Waals surface area contributed by atoms with Crippen molar-refractivity contribution in [3.63, 3.8) is 0 Å². The number of thiocarbonyl (C=S) groups is 1. The standard InChI is InChI=1S/C20H16N2O5S/c1-12-2-6-14(7-3-12)22-19(26)16(18(25)21-20(22)28)10-13-4-8-15(9-5-13)27-11-17(23)24/h2-10H,11H2,1H3,(H,23,24)(H,21,25,28)/b16-10+. The van der Waals surface area contributed by atoms with Gasteiger partial charge in [-0.3, -0.25) is 19.8 Å². The van der Waals surface area contributed by atoms with Gasteiger partial charge in [0.05, 0.1) is 5.69 Å². The molecule has 0 saturated carbocycles. The molecule has 1 heterocycles. The topological polar surface area (TPSA) is 95.9 Å². The summed E-state index contributed by atoms with van der Waals surface area (Å²) in [6.07, 6.45) is 1.45. The van der Waals surface area contributed by atoms with E-state index in [2.05, 4.69) is 5.32 Å². The Morgan fingerprint density at radius 2 is 1.79 bits per heavy atom. The molecular weight excluding hydrogens is 380 g/mol. The van der Waals surface area contributed by atoms with Gasteiger partial charge >= 0.3 is 5.97 Å². The maximum atomic E-state index is 12.9. The van der Waals surface area contributed by atoms with E-state index in [1.165, 1.54) is 11.0 Å². The molecule has 0 spiro atoms. The number of amides is 2. The predicted octanol–water partition coefficient (Wildman–Crippen LogP) is 2.29. The van der Waals surface area contributed by atoms with Gasteiger partial charge in [-0.1, -0.05) is 29.8 Å². The van der Waals surface area contributed by atoms with Crippen molar-refractivity contribution >= 4 is 46.9 Å². The second-order valence-corrected chi connectivity index (χ2v) is 6.43. The van der Waals surface area contributed by atoms with Gasteiger partial charge in [-0.05, 0) is 55.0 Å². The zero-order valence-electron chi connectivity index (χ0n) is 14.8. The molecule has 28 heavy (non-hydrogen) atoms. The van der Waals surface area contributed by atoms with Crippen LogP contribution in [0.1, 0.15) is 11.1 Å². The molecule has 1 aliphatic rings. The van der Waals surface area contributed by atoms with Crippen molar-refractivity contribution in [2.45, 2.75) is 6.92 Å². The summed E-state index contributed by atoms with van der Waals surface area (Å²) in [5.41, 5.74) is 2.11. The minimum absolute atomic E-state index is 0.0217. The molecule has 142 valence electrons. The number of carbonyl (C=O) groups is 3. The van der Waals surface area contributed by atoms with Crippen LogP contribution in [0.4, 0.5) is 5.69 Å². The third-order valence-corrected chi connectivity index (χ3v) is 4.23. The Balaban J connectivity index is 1.86. The first-order chi connectivity index (χ1) is 13.3. The molecule has 0 bridgehead atoms. The molecule has 7 nitrogen and oxygen atoms in total. The number of carbonyl (C=O) groups excluding carboxylic acids is 2. The number of hydrogen-bond acceptors (Lipinski definition) is 5. The van der Waals surface area contributed by atoms with E-state index in [1.54, 1.807) is 36.4 Å². The summed E-state index contributed by atoms with van der Waals surface area (Å²) in [7, 11) is 0. The first kappa shape index (κ1) is 19.2. The highest BCUT2D eigenvalue weighted by Gasteiger charge is 2.34. The van der Waals surface area contributed by atoms with E-state index < -0.39 is 24.4 Å². The Bertz CT molecular complexity index is 981. The fourth-order valence-corrected chi connectivity index (χ4v) is 2.84. The molecule has 3 rings (SSSR count). The number of nitrogens with one attached hydrogen (secondary N) is 1. The highest BCUT2D eigenvalue weighted by Crippen LogP contribution is 2.23. The van der Waals surface area contributed by atoms with Crippen LogP contribution in [0.25, 0.3) is 6.08 Å². The quantitative estimate of drug-likeness (QED) is 0.457. The molecule has 8 heteroatoms. The van der Waals surface area contributed by atoms with Crippen molar-refractivity contribution in [3.8, 4) is 5.75 Å². The SMILES string of the molecule is Cc1ccc(N2C(=O)/C(=C/c3ccc(OCC(=O)O)cc3)C(=O)NC2=S)cc1. The Morgan fingerprint density at radius 3 is 2.39 bits per heavy atom. The number of ether oxygens (including phenoxy) is 1. The third kappa shape index (κ3) is 4.24. The predicted molar refractivity (Wildman–Crippen MR) is 107 cm³/mol. The maximum absolute atomic E-state index is 12.9. The van der Waals surface area contributed by atoms with Gasteiger partial charge in [0.2, 0.25) is 0 Å². The van der Waals surface area contributed by atoms with Gasteiger partial charge in [-0.25, -0.2) is 4.79 Å². The lowest BCUT2D eigenvalue weighted by molar-refractivity contribution is -0.139. The number of anilines is 1. The minimum Gasteiger partial charge on any atom is -0.482 e. The van der Waals surface area contributed by atoms with Crippen LogP contribution in [0, 0.1) is 6.92 Å². The van der Waals surface area contributed by atoms with Gasteiger partial charge in [0.1, 0.15) is 11.3 Å². The van der Waals surface area contributed by atoms with E-state index in [1.807, 2.05) is 19.1 Å². The Labute approximate surface area is 166 Å². The summed E-state index contributed by atoms with van der Waals surface area (Å²) < 4.78 is 5.06. The van der Waals surface area contributed by atoms with Crippen LogP contribution in [0.3, 0.4) is 0 Å². The molecule has 0 radical (unpaired) electrons. The normalized spacial score (nSPS) is 15.5. The van der Waals surface area contributed by atoms with Crippen molar-refractivity contribution in [1.29, 1.82) is 0 Å². The number of carboxylic acid groups (broad SMARTS) is 1. The van der Waals surface area contributed by atoms with E-state index >= 15 is 0 Å². The molecule has 2 aromatic carbocycles. The number of carboxylic acids is 1. The second kappa shape index (κ2) is 8.01. The van der Waals surface area contributed by atoms with Gasteiger partial charge in [-0.15, -0.1) is 0 Å². The van der Waals surface area contributed by atoms with Crippen molar-refractivity contribution < 1.29 is 24.2 Å². The fourth-order valence-electron chi connectivity index (χ4n) is 2.56. The van der Waals surface area contributed by atoms with Gasteiger partial charge in [0, 0.05) is 0 Å². The summed E-state index contributed by atoms with van der Waals surface area (Å²) in [6, 6.07) is 13.6. The lowest BCUT2D eigenvalue weighted by Gasteiger charge is -2.29. The van der Waals surface area contributed by atoms with Crippen LogP contribution in [0.15, 0.2) is 54.1 Å². The molecular formula is C20H16N2O5S. The molecule has 1 saturated heterocycles. The van der Waals surface area contributed by atoms with Gasteiger partial charge in [0.25, 0.3) is 11.8 Å². The number of nitrogens with zero attached hydrogens (tertiary/aromatic N) is 1. The van der Waals surface area contributed by atoms with Crippen molar-refractivity contribution in [2.24, 2.45) is 0 Å². The zero-order valence-corrected chi connectivity index (χ0v) is 15.7. The average Bonchev–Trinajstić information content (AvgIpc) is 2.66. The van der Waals surface area contributed by atoms with E-state index in [-0.39, 0.29) is 10.7 Å². The van der Waals surface area contributed by atoms with E-state index in [9.17, 15) is 14.4 Å². The average molecular weight is 396 g/mol. The summed E-state index contributed by atoms with van der Waals surface area (Å²) in [5.74, 6) is -1.82. The van der Waals surface area contributed by atoms with E-state index in [4.69, 9.17) is 22.1 Å². The largest absolute Gasteiger partial charge is 0.482 e. The monoisotopic (exact) mass is 396 g/mol. The highest BCUT2D eigenvalue weighted by atomic mass is 32.1. The smallest absolute Gasteiger partial charge is 0.341 e. The summed E-state index contributed by atoms with van der Waals surface area (Å²) >= 11 is 5.16. The molecule has 2 aromatic rings. The van der Waals surface area contributed by atoms with Crippen LogP contribution in [0.5, 0.6) is 5.75 Å². The first-order valence-corrected chi connectivity index (χ1v) is 8.69. The summed E-state index contributed by atoms with van der Waals surface area (Å²) in [4.78, 5) is 37.0. The molecule has 1 fully saturated rings. The van der Waals surface area contributed by atoms with Crippen LogP contribution in [0.2, 0.25) is 0 Å². The summed E-state index contributed by atoms with van der Waals surface area (Å²) in [6.45, 7) is 1.47. The third-order valence-electron chi connectivity index (χ3n) is 3.95. The molecule has 2 N–H and O–H groups in total. The van der Waals surface area contributed by atoms with Crippen molar-refractivity contribution in [2.75, 3.05) is 11.5 Å². The number of aryl methyl sites for hydroxylation is 1. The van der Waals surface area contributed by atoms with Gasteiger partial charge in [-0.2, -0.15) is 0 Å². The minimum atomic E-state index is -1.08. The highest BCUT2D eigenvalue weighted by molar-refractivity contribution is 7.80. The van der Waals surface area contributed by atoms with Crippen LogP contribution >= 0.6 is 12.2 Å². The molecule has 0 atom stereocenters. The van der Waals surface area contributed by atoms with Crippen molar-refractivity contribution in [3.05, 3.63) is 65.2 Å². The van der Waals surface area contributed by atoms with Gasteiger partial charge < -0.3 is 9.84 Å². The number of benzene rings is 2. The molecule has 0 aliphatic carbocycles. The fraction of sp³-hybridized carbons (Fsp3) is 0.100. The van der Waals surface area contributed by atoms with Gasteiger partial charge in [0.15, 0.2) is 11.7 Å². The lowest BCUT2D eigenvalue weighted by atomic mass is 10.1. The van der Waals surface area contributed by atoms with Crippen LogP contribution in [-0.4, -0.2) is 34.6 Å². The second-order valence-electron chi connectivity index (χ2n) is 6.04. The van der Waals surface area contributed by atoms with E-state index in [0.717, 1.165) is 5.56 Å². The zero-order chi connectivity index (χ0) is 20.3. The molecule has 0 aromatic heterocycles. The van der Waals surface area contributed by atoms with Crippen LogP contribution < -0.4 is 15.0 Å². The Hall–Kier alpha value is -3.52. The first-order valence-electron chi connectivity index (χ1n) is 8.28. The Morgan fingerprint density at radius 1 is 1.14 bits per heavy atom. The van der Waals surface area contributed by atoms with E-state index in [0.29, 0.717) is 17.0 Å².